The molecule has 1 aliphatic rings. The second-order valence-corrected chi connectivity index (χ2v) is 6.57. The Morgan fingerprint density at radius 1 is 0.862 bits per heavy atom. The normalized spacial score (nSPS) is 14.3. The number of nitrogens with one attached hydrogen (secondary N) is 3. The molecule has 0 spiro atoms. The molecule has 1 aliphatic heterocycles. The maximum atomic E-state index is 12.8. The minimum absolute atomic E-state index is 0.123. The molecule has 1 aromatic heterocycles. The van der Waals surface area contributed by atoms with E-state index in [2.05, 4.69) is 31.3 Å². The van der Waals surface area contributed by atoms with Crippen molar-refractivity contribution in [3.05, 3.63) is 90.0 Å². The number of aromatic nitrogens is 4. The highest BCUT2D eigenvalue weighted by atomic mass is 16.2. The second kappa shape index (κ2) is 7.05. The Morgan fingerprint density at radius 3 is 2.38 bits per heavy atom. The van der Waals surface area contributed by atoms with Crippen LogP contribution < -0.4 is 10.6 Å². The summed E-state index contributed by atoms with van der Waals surface area (Å²) >= 11 is 0. The van der Waals surface area contributed by atoms with Crippen LogP contribution in [-0.2, 0) is 4.79 Å². The average molecular weight is 380 g/mol. The van der Waals surface area contributed by atoms with Gasteiger partial charge in [0.2, 0.25) is 0 Å². The van der Waals surface area contributed by atoms with Crippen LogP contribution in [0.25, 0.3) is 22.7 Å². The number of benzene rings is 3. The van der Waals surface area contributed by atoms with Gasteiger partial charge in [-0.25, -0.2) is 5.10 Å². The third kappa shape index (κ3) is 3.14. The maximum Gasteiger partial charge on any atom is 0.258 e. The lowest BCUT2D eigenvalue weighted by atomic mass is 10.00. The van der Waals surface area contributed by atoms with Crippen LogP contribution in [0.4, 0.5) is 11.4 Å². The van der Waals surface area contributed by atoms with Gasteiger partial charge >= 0.3 is 0 Å². The zero-order valence-corrected chi connectivity index (χ0v) is 15.3. The Bertz CT molecular complexity index is 1200. The summed E-state index contributed by atoms with van der Waals surface area (Å²) in [6.07, 6.45) is 0. The molecule has 0 aliphatic carbocycles. The second-order valence-electron chi connectivity index (χ2n) is 6.57. The van der Waals surface area contributed by atoms with Gasteiger partial charge in [0.25, 0.3) is 5.91 Å². The number of tetrazole rings is 1. The number of carbonyl (C=O) groups excluding carboxylic acids is 1. The van der Waals surface area contributed by atoms with Gasteiger partial charge < -0.3 is 10.6 Å². The lowest BCUT2D eigenvalue weighted by Gasteiger charge is -2.15. The molecule has 0 bridgehead atoms. The fourth-order valence-electron chi connectivity index (χ4n) is 3.39. The first kappa shape index (κ1) is 16.9. The molecule has 5 rings (SSSR count). The number of H-pyrrole nitrogens is 1. The summed E-state index contributed by atoms with van der Waals surface area (Å²) in [5, 5.41) is 20.3. The summed E-state index contributed by atoms with van der Waals surface area (Å²) in [7, 11) is 0. The molecule has 2 heterocycles. The molecule has 4 aromatic rings. The summed E-state index contributed by atoms with van der Waals surface area (Å²) < 4.78 is 0. The zero-order chi connectivity index (χ0) is 19.6. The summed E-state index contributed by atoms with van der Waals surface area (Å²) in [6.45, 7) is 0. The molecule has 0 saturated heterocycles. The van der Waals surface area contributed by atoms with E-state index in [9.17, 15) is 4.79 Å². The van der Waals surface area contributed by atoms with Crippen LogP contribution >= 0.6 is 0 Å². The molecule has 3 aromatic carbocycles. The number of nitrogens with zero attached hydrogens (tertiary/aromatic N) is 3. The third-order valence-electron chi connectivity index (χ3n) is 4.76. The average Bonchev–Trinajstić information content (AvgIpc) is 3.41. The van der Waals surface area contributed by atoms with Crippen molar-refractivity contribution in [2.45, 2.75) is 0 Å². The minimum Gasteiger partial charge on any atom is -0.354 e. The first-order valence-corrected chi connectivity index (χ1v) is 9.11. The predicted molar refractivity (Wildman–Crippen MR) is 112 cm³/mol. The molecule has 0 saturated carbocycles. The Labute approximate surface area is 166 Å². The number of carbonyl (C=O) groups is 1. The Hall–Kier alpha value is -4.26. The van der Waals surface area contributed by atoms with Crippen LogP contribution in [0.5, 0.6) is 0 Å². The van der Waals surface area contributed by atoms with Crippen molar-refractivity contribution in [3.8, 4) is 11.4 Å². The van der Waals surface area contributed by atoms with Crippen molar-refractivity contribution in [2.75, 3.05) is 10.6 Å². The highest BCUT2D eigenvalue weighted by Gasteiger charge is 2.28. The van der Waals surface area contributed by atoms with E-state index < -0.39 is 0 Å². The molecular weight excluding hydrogens is 364 g/mol. The summed E-state index contributed by atoms with van der Waals surface area (Å²) in [5.74, 6) is 0.476. The van der Waals surface area contributed by atoms with Crippen LogP contribution in [0.1, 0.15) is 11.1 Å². The molecule has 0 unspecified atom stereocenters. The third-order valence-corrected chi connectivity index (χ3v) is 4.76. The predicted octanol–water partition coefficient (Wildman–Crippen LogP) is 3.80. The number of anilines is 2. The number of rotatable bonds is 4. The molecule has 0 radical (unpaired) electrons. The van der Waals surface area contributed by atoms with E-state index in [0.717, 1.165) is 33.8 Å². The minimum atomic E-state index is -0.123. The van der Waals surface area contributed by atoms with Gasteiger partial charge in [0.15, 0.2) is 5.82 Å². The highest BCUT2D eigenvalue weighted by Crippen LogP contribution is 2.37. The first-order valence-electron chi connectivity index (χ1n) is 9.11. The largest absolute Gasteiger partial charge is 0.354 e. The van der Waals surface area contributed by atoms with Crippen molar-refractivity contribution in [2.24, 2.45) is 0 Å². The molecule has 1 amide bonds. The quantitative estimate of drug-likeness (QED) is 0.468. The van der Waals surface area contributed by atoms with Gasteiger partial charge in [0.1, 0.15) is 0 Å². The Kier molecular flexibility index (Phi) is 4.10. The standard InChI is InChI=1S/C22H16N6O/c29-22-19(17-8-4-5-9-18(17)24-22)20(14-6-2-1-3-7-14)23-16-12-10-15(11-13-16)21-25-27-28-26-21/h1-13,23H,(H,24,29)(H,25,26,27,28)/b20-19-. The van der Waals surface area contributed by atoms with Crippen LogP contribution in [0.15, 0.2) is 78.9 Å². The molecule has 0 atom stereocenters. The van der Waals surface area contributed by atoms with Crippen molar-refractivity contribution < 1.29 is 4.79 Å². The van der Waals surface area contributed by atoms with E-state index >= 15 is 0 Å². The van der Waals surface area contributed by atoms with E-state index in [1.807, 2.05) is 78.9 Å². The van der Waals surface area contributed by atoms with Gasteiger partial charge in [0.05, 0.1) is 11.3 Å². The van der Waals surface area contributed by atoms with Gasteiger partial charge in [0, 0.05) is 22.5 Å². The van der Waals surface area contributed by atoms with Crippen LogP contribution in [0, 0.1) is 0 Å². The van der Waals surface area contributed by atoms with Gasteiger partial charge in [-0.3, -0.25) is 4.79 Å². The number of aromatic amines is 1. The van der Waals surface area contributed by atoms with Gasteiger partial charge in [-0.2, -0.15) is 0 Å². The molecule has 140 valence electrons. The number of hydrogen-bond donors (Lipinski definition) is 3. The lowest BCUT2D eigenvalue weighted by molar-refractivity contribution is -0.110. The Morgan fingerprint density at radius 2 is 1.62 bits per heavy atom. The van der Waals surface area contributed by atoms with E-state index in [4.69, 9.17) is 0 Å². The fourth-order valence-corrected chi connectivity index (χ4v) is 3.39. The van der Waals surface area contributed by atoms with Crippen molar-refractivity contribution in [1.29, 1.82) is 0 Å². The molecule has 7 nitrogen and oxygen atoms in total. The van der Waals surface area contributed by atoms with E-state index in [-0.39, 0.29) is 5.91 Å². The SMILES string of the molecule is O=C1Nc2ccccc2/C1=C(/Nc1ccc(-c2nnn[nH]2)cc1)c1ccccc1. The maximum absolute atomic E-state index is 12.8. The summed E-state index contributed by atoms with van der Waals surface area (Å²) in [5.41, 5.74) is 5.72. The van der Waals surface area contributed by atoms with Crippen LogP contribution in [-0.4, -0.2) is 26.5 Å². The molecule has 29 heavy (non-hydrogen) atoms. The van der Waals surface area contributed by atoms with E-state index in [0.29, 0.717) is 11.4 Å². The Balaban J connectivity index is 1.59. The zero-order valence-electron chi connectivity index (χ0n) is 15.3. The topological polar surface area (TPSA) is 95.6 Å². The smallest absolute Gasteiger partial charge is 0.258 e. The lowest BCUT2D eigenvalue weighted by Crippen LogP contribution is -2.10. The van der Waals surface area contributed by atoms with Crippen LogP contribution in [0.2, 0.25) is 0 Å². The molecule has 0 fully saturated rings. The molecule has 7 heteroatoms. The van der Waals surface area contributed by atoms with Crippen LogP contribution in [0.3, 0.4) is 0 Å². The number of hydrogen-bond acceptors (Lipinski definition) is 5. The van der Waals surface area contributed by atoms with Crippen molar-refractivity contribution in [1.82, 2.24) is 20.6 Å². The van der Waals surface area contributed by atoms with E-state index in [1.165, 1.54) is 0 Å². The molecule has 3 N–H and O–H groups in total. The first-order chi connectivity index (χ1) is 14.3. The van der Waals surface area contributed by atoms with Gasteiger partial charge in [-0.05, 0) is 46.3 Å². The van der Waals surface area contributed by atoms with Crippen molar-refractivity contribution in [3.63, 3.8) is 0 Å². The van der Waals surface area contributed by atoms with E-state index in [1.54, 1.807) is 0 Å². The van der Waals surface area contributed by atoms with Gasteiger partial charge in [-0.1, -0.05) is 48.5 Å². The summed E-state index contributed by atoms with van der Waals surface area (Å²) in [4.78, 5) is 12.8. The number of amides is 1. The number of fused-ring (bicyclic) bond motifs is 1. The van der Waals surface area contributed by atoms with Crippen molar-refractivity contribution >= 4 is 28.6 Å². The summed E-state index contributed by atoms with van der Waals surface area (Å²) in [6, 6.07) is 25.2. The molecular formula is C22H16N6O. The monoisotopic (exact) mass is 380 g/mol. The fraction of sp³-hybridized carbons (Fsp3) is 0. The number of para-hydroxylation sites is 1. The van der Waals surface area contributed by atoms with Gasteiger partial charge in [-0.15, -0.1) is 5.10 Å². The highest BCUT2D eigenvalue weighted by molar-refractivity contribution is 6.37.